The Hall–Kier alpha value is 0.394. The second-order valence-electron chi connectivity index (χ2n) is 7.24. The molecular formula is C16H38OSi2. The van der Waals surface area contributed by atoms with Gasteiger partial charge in [-0.2, -0.15) is 0 Å². The lowest BCUT2D eigenvalue weighted by atomic mass is 10.1. The first-order valence-electron chi connectivity index (χ1n) is 8.53. The summed E-state index contributed by atoms with van der Waals surface area (Å²) in [6.45, 7) is 14.1. The molecule has 0 amide bonds. The molecule has 1 nitrogen and oxygen atoms in total. The topological polar surface area (TPSA) is 9.23 Å². The van der Waals surface area contributed by atoms with E-state index in [4.69, 9.17) is 4.12 Å². The third-order valence-electron chi connectivity index (χ3n) is 3.86. The molecule has 0 saturated heterocycles. The lowest BCUT2D eigenvalue weighted by molar-refractivity contribution is 0.526. The molecule has 0 aliphatic heterocycles. The molecule has 0 bridgehead atoms. The standard InChI is InChI=1S/C16H38OSi2/c1-7-9-10-11-12-13-14-15-16-19(6,8-2)17-18(3,4)5/h7-16H2,1-6H3. The highest BCUT2D eigenvalue weighted by Gasteiger charge is 2.31. The zero-order valence-corrected chi connectivity index (χ0v) is 16.5. The lowest BCUT2D eigenvalue weighted by Crippen LogP contribution is -2.44. The number of hydrogen-bond donors (Lipinski definition) is 0. The fraction of sp³-hybridized carbons (Fsp3) is 1.00. The van der Waals surface area contributed by atoms with Gasteiger partial charge >= 0.3 is 0 Å². The summed E-state index contributed by atoms with van der Waals surface area (Å²) in [6, 6.07) is 2.66. The number of rotatable bonds is 12. The van der Waals surface area contributed by atoms with Crippen molar-refractivity contribution >= 4 is 16.6 Å². The van der Waals surface area contributed by atoms with E-state index in [2.05, 4.69) is 40.0 Å². The molecule has 0 N–H and O–H groups in total. The molecule has 19 heavy (non-hydrogen) atoms. The van der Waals surface area contributed by atoms with Gasteiger partial charge in [0, 0.05) is 0 Å². The summed E-state index contributed by atoms with van der Waals surface area (Å²) in [7, 11) is -2.72. The maximum absolute atomic E-state index is 6.51. The SMILES string of the molecule is CCCCCCCCCC[Si](C)(CC)O[Si](C)(C)C. The van der Waals surface area contributed by atoms with Crippen LogP contribution >= 0.6 is 0 Å². The van der Waals surface area contributed by atoms with Crippen LogP contribution in [0.5, 0.6) is 0 Å². The van der Waals surface area contributed by atoms with Crippen molar-refractivity contribution < 1.29 is 4.12 Å². The highest BCUT2D eigenvalue weighted by Crippen LogP contribution is 2.25. The van der Waals surface area contributed by atoms with Crippen molar-refractivity contribution in [2.45, 2.75) is 103 Å². The first-order valence-corrected chi connectivity index (χ1v) is 14.8. The van der Waals surface area contributed by atoms with Crippen LogP contribution in [0.4, 0.5) is 0 Å². The van der Waals surface area contributed by atoms with Gasteiger partial charge in [0.15, 0.2) is 16.6 Å². The molecule has 0 fully saturated rings. The van der Waals surface area contributed by atoms with E-state index >= 15 is 0 Å². The third kappa shape index (κ3) is 11.9. The van der Waals surface area contributed by atoms with E-state index in [1.165, 1.54) is 63.5 Å². The maximum atomic E-state index is 6.51. The van der Waals surface area contributed by atoms with E-state index in [1.54, 1.807) is 0 Å². The summed E-state index contributed by atoms with van der Waals surface area (Å²) in [6.07, 6.45) is 11.4. The van der Waals surface area contributed by atoms with Crippen molar-refractivity contribution in [2.24, 2.45) is 0 Å². The van der Waals surface area contributed by atoms with Gasteiger partial charge < -0.3 is 4.12 Å². The Kier molecular flexibility index (Phi) is 10.4. The van der Waals surface area contributed by atoms with Crippen LogP contribution in [0.15, 0.2) is 0 Å². The minimum absolute atomic E-state index is 1.29. The Morgan fingerprint density at radius 1 is 0.684 bits per heavy atom. The normalized spacial score (nSPS) is 15.5. The Bertz CT molecular complexity index is 213. The Labute approximate surface area is 124 Å². The van der Waals surface area contributed by atoms with Crippen LogP contribution in [0, 0.1) is 0 Å². The average molecular weight is 303 g/mol. The summed E-state index contributed by atoms with van der Waals surface area (Å²) < 4.78 is 6.51. The molecule has 0 aromatic rings. The highest BCUT2D eigenvalue weighted by molar-refractivity contribution is 6.84. The summed E-state index contributed by atoms with van der Waals surface area (Å²) in [5.74, 6) is 0. The van der Waals surface area contributed by atoms with Crippen molar-refractivity contribution in [3.05, 3.63) is 0 Å². The first kappa shape index (κ1) is 19.4. The fourth-order valence-corrected chi connectivity index (χ4v) is 10.9. The molecule has 0 heterocycles. The van der Waals surface area contributed by atoms with Gasteiger partial charge in [-0.05, 0) is 38.3 Å². The van der Waals surface area contributed by atoms with Crippen molar-refractivity contribution in [1.29, 1.82) is 0 Å². The molecule has 0 aliphatic rings. The summed E-state index contributed by atoms with van der Waals surface area (Å²) in [4.78, 5) is 0. The molecule has 0 aliphatic carbocycles. The van der Waals surface area contributed by atoms with Gasteiger partial charge in [-0.1, -0.05) is 65.2 Å². The fourth-order valence-electron chi connectivity index (χ4n) is 2.67. The lowest BCUT2D eigenvalue weighted by Gasteiger charge is -2.34. The molecule has 0 aromatic carbocycles. The molecule has 1 atom stereocenters. The van der Waals surface area contributed by atoms with Gasteiger partial charge in [0.1, 0.15) is 0 Å². The predicted molar refractivity (Wildman–Crippen MR) is 93.9 cm³/mol. The zero-order valence-electron chi connectivity index (χ0n) is 14.5. The smallest absolute Gasteiger partial charge is 0.176 e. The monoisotopic (exact) mass is 302 g/mol. The molecule has 0 rings (SSSR count). The summed E-state index contributed by atoms with van der Waals surface area (Å²) in [5, 5.41) is 0. The van der Waals surface area contributed by atoms with Gasteiger partial charge in [-0.25, -0.2) is 0 Å². The van der Waals surface area contributed by atoms with Gasteiger partial charge in [0.05, 0.1) is 0 Å². The van der Waals surface area contributed by atoms with Crippen LogP contribution in [0.3, 0.4) is 0 Å². The van der Waals surface area contributed by atoms with Gasteiger partial charge in [0.2, 0.25) is 0 Å². The molecule has 0 radical (unpaired) electrons. The van der Waals surface area contributed by atoms with Gasteiger partial charge in [-0.15, -0.1) is 0 Å². The zero-order chi connectivity index (χ0) is 14.8. The van der Waals surface area contributed by atoms with Crippen LogP contribution in [0.2, 0.25) is 38.3 Å². The Morgan fingerprint density at radius 3 is 1.58 bits per heavy atom. The minimum Gasteiger partial charge on any atom is -0.456 e. The van der Waals surface area contributed by atoms with E-state index in [-0.39, 0.29) is 0 Å². The average Bonchev–Trinajstić information content (AvgIpc) is 2.30. The molecule has 1 unspecified atom stereocenters. The minimum atomic E-state index is -1.38. The molecule has 116 valence electrons. The summed E-state index contributed by atoms with van der Waals surface area (Å²) >= 11 is 0. The van der Waals surface area contributed by atoms with Crippen LogP contribution in [0.1, 0.15) is 65.2 Å². The number of unbranched alkanes of at least 4 members (excludes halogenated alkanes) is 7. The van der Waals surface area contributed by atoms with E-state index in [0.717, 1.165) is 0 Å². The van der Waals surface area contributed by atoms with Crippen LogP contribution in [-0.4, -0.2) is 16.6 Å². The Morgan fingerprint density at radius 2 is 1.16 bits per heavy atom. The highest BCUT2D eigenvalue weighted by atomic mass is 28.4. The largest absolute Gasteiger partial charge is 0.456 e. The molecule has 0 spiro atoms. The van der Waals surface area contributed by atoms with Crippen LogP contribution < -0.4 is 0 Å². The quantitative estimate of drug-likeness (QED) is 0.292. The molecule has 0 saturated carbocycles. The summed E-state index contributed by atoms with van der Waals surface area (Å²) in [5.41, 5.74) is 0. The van der Waals surface area contributed by atoms with E-state index in [9.17, 15) is 0 Å². The van der Waals surface area contributed by atoms with E-state index < -0.39 is 16.6 Å². The molecule has 0 aromatic heterocycles. The second-order valence-corrected chi connectivity index (χ2v) is 16.4. The second kappa shape index (κ2) is 10.2. The molecule has 3 heteroatoms. The Balaban J connectivity index is 3.66. The van der Waals surface area contributed by atoms with Gasteiger partial charge in [0.25, 0.3) is 0 Å². The third-order valence-corrected chi connectivity index (χ3v) is 11.2. The van der Waals surface area contributed by atoms with E-state index in [0.29, 0.717) is 0 Å². The van der Waals surface area contributed by atoms with Crippen molar-refractivity contribution in [3.63, 3.8) is 0 Å². The van der Waals surface area contributed by atoms with Crippen molar-refractivity contribution in [1.82, 2.24) is 0 Å². The van der Waals surface area contributed by atoms with Crippen molar-refractivity contribution in [3.8, 4) is 0 Å². The number of hydrogen-bond acceptors (Lipinski definition) is 1. The molecular weight excluding hydrogens is 264 g/mol. The maximum Gasteiger partial charge on any atom is 0.176 e. The van der Waals surface area contributed by atoms with Gasteiger partial charge in [-0.3, -0.25) is 0 Å². The van der Waals surface area contributed by atoms with Crippen molar-refractivity contribution in [2.75, 3.05) is 0 Å². The first-order chi connectivity index (χ1) is 8.83. The van der Waals surface area contributed by atoms with Crippen LogP contribution in [-0.2, 0) is 4.12 Å². The van der Waals surface area contributed by atoms with Crippen LogP contribution in [0.25, 0.3) is 0 Å². The predicted octanol–water partition coefficient (Wildman–Crippen LogP) is 6.57. The van der Waals surface area contributed by atoms with E-state index in [1.807, 2.05) is 0 Å².